The van der Waals surface area contributed by atoms with Gasteiger partial charge in [-0.3, -0.25) is 13.9 Å². The molecule has 0 spiro atoms. The zero-order valence-corrected chi connectivity index (χ0v) is 11.9. The second-order valence-corrected chi connectivity index (χ2v) is 4.78. The fourth-order valence-corrected chi connectivity index (χ4v) is 1.99. The first kappa shape index (κ1) is 13.2. The molecule has 0 aromatic carbocycles. The Morgan fingerprint density at radius 1 is 1.33 bits per heavy atom. The lowest BCUT2D eigenvalue weighted by molar-refractivity contribution is 0.708. The van der Waals surface area contributed by atoms with E-state index in [0.29, 0.717) is 0 Å². The molecule has 10 nitrogen and oxygen atoms in total. The first-order chi connectivity index (χ1) is 9.90. The Labute approximate surface area is 121 Å². The summed E-state index contributed by atoms with van der Waals surface area (Å²) >= 11 is 4.78. The van der Waals surface area contributed by atoms with Gasteiger partial charge in [0.05, 0.1) is 0 Å². The van der Waals surface area contributed by atoms with Crippen LogP contribution in [0, 0.1) is 0 Å². The summed E-state index contributed by atoms with van der Waals surface area (Å²) in [4.78, 5) is 34.9. The lowest BCUT2D eigenvalue weighted by Crippen LogP contribution is -2.36. The number of rotatable bonds is 2. The molecule has 0 bridgehead atoms. The SMILES string of the molecule is Cn1c(=O)c2[nH]c(-n3cnc(C(N)=S)n3)nc2n(C)c1=O. The minimum Gasteiger partial charge on any atom is -0.387 e. The maximum absolute atomic E-state index is 12.1. The monoisotopic (exact) mass is 306 g/mol. The Morgan fingerprint density at radius 2 is 2.05 bits per heavy atom. The summed E-state index contributed by atoms with van der Waals surface area (Å²) in [7, 11) is 2.92. The molecule has 0 radical (unpaired) electrons. The smallest absolute Gasteiger partial charge is 0.332 e. The van der Waals surface area contributed by atoms with E-state index in [1.165, 1.54) is 29.7 Å². The van der Waals surface area contributed by atoms with Crippen molar-refractivity contribution in [3.63, 3.8) is 0 Å². The Hall–Kier alpha value is -2.82. The topological polar surface area (TPSA) is 129 Å². The second-order valence-electron chi connectivity index (χ2n) is 4.34. The van der Waals surface area contributed by atoms with Gasteiger partial charge in [0.1, 0.15) is 11.3 Å². The number of aromatic nitrogens is 7. The van der Waals surface area contributed by atoms with E-state index in [4.69, 9.17) is 18.0 Å². The van der Waals surface area contributed by atoms with Crippen molar-refractivity contribution in [2.24, 2.45) is 19.8 Å². The van der Waals surface area contributed by atoms with Crippen molar-refractivity contribution in [2.45, 2.75) is 0 Å². The average molecular weight is 306 g/mol. The molecule has 3 heterocycles. The third-order valence-electron chi connectivity index (χ3n) is 3.01. The maximum Gasteiger partial charge on any atom is 0.332 e. The van der Waals surface area contributed by atoms with Crippen LogP contribution < -0.4 is 17.0 Å². The molecule has 21 heavy (non-hydrogen) atoms. The van der Waals surface area contributed by atoms with Gasteiger partial charge in [0.15, 0.2) is 11.2 Å². The first-order valence-electron chi connectivity index (χ1n) is 5.77. The number of hydrogen-bond donors (Lipinski definition) is 2. The fourth-order valence-electron chi connectivity index (χ4n) is 1.90. The van der Waals surface area contributed by atoms with Crippen LogP contribution in [0.5, 0.6) is 0 Å². The lowest BCUT2D eigenvalue weighted by atomic mass is 10.5. The predicted octanol–water partition coefficient (Wildman–Crippen LogP) is -1.82. The Morgan fingerprint density at radius 3 is 2.67 bits per heavy atom. The third-order valence-corrected chi connectivity index (χ3v) is 3.19. The molecule has 0 amide bonds. The van der Waals surface area contributed by atoms with Crippen LogP contribution in [0.15, 0.2) is 15.9 Å². The standard InChI is InChI=1S/C10H10N8O2S/c1-16-7-4(8(19)17(2)10(16)20)13-9(14-7)18-3-12-6(15-18)5(11)21/h3H,1-2H3,(H2,11,21)(H,13,14). The van der Waals surface area contributed by atoms with Crippen LogP contribution in [-0.4, -0.2) is 38.9 Å². The van der Waals surface area contributed by atoms with Crippen molar-refractivity contribution in [2.75, 3.05) is 0 Å². The van der Waals surface area contributed by atoms with Gasteiger partial charge in [0.25, 0.3) is 5.56 Å². The molecular weight excluding hydrogens is 296 g/mol. The van der Waals surface area contributed by atoms with Crippen LogP contribution in [-0.2, 0) is 14.1 Å². The number of aromatic amines is 1. The summed E-state index contributed by atoms with van der Waals surface area (Å²) in [6.07, 6.45) is 1.36. The van der Waals surface area contributed by atoms with Gasteiger partial charge in [0.2, 0.25) is 11.8 Å². The number of fused-ring (bicyclic) bond motifs is 1. The van der Waals surface area contributed by atoms with Crippen molar-refractivity contribution >= 4 is 28.4 Å². The molecule has 0 saturated heterocycles. The number of imidazole rings is 1. The van der Waals surface area contributed by atoms with E-state index in [1.54, 1.807) is 0 Å². The first-order valence-corrected chi connectivity index (χ1v) is 6.18. The van der Waals surface area contributed by atoms with Crippen LogP contribution in [0.4, 0.5) is 0 Å². The predicted molar refractivity (Wildman–Crippen MR) is 77.4 cm³/mol. The molecule has 0 aliphatic carbocycles. The molecule has 0 saturated carbocycles. The molecule has 3 N–H and O–H groups in total. The van der Waals surface area contributed by atoms with E-state index >= 15 is 0 Å². The summed E-state index contributed by atoms with van der Waals surface area (Å²) in [5.41, 5.74) is 4.92. The van der Waals surface area contributed by atoms with Crippen molar-refractivity contribution in [1.82, 2.24) is 33.9 Å². The van der Waals surface area contributed by atoms with Gasteiger partial charge in [-0.05, 0) is 0 Å². The van der Waals surface area contributed by atoms with Crippen LogP contribution in [0.2, 0.25) is 0 Å². The van der Waals surface area contributed by atoms with Gasteiger partial charge in [-0.15, -0.1) is 5.10 Å². The van der Waals surface area contributed by atoms with Crippen molar-refractivity contribution < 1.29 is 0 Å². The van der Waals surface area contributed by atoms with Gasteiger partial charge in [-0.2, -0.15) is 9.67 Å². The van der Waals surface area contributed by atoms with Crippen LogP contribution in [0.25, 0.3) is 17.1 Å². The van der Waals surface area contributed by atoms with Crippen LogP contribution >= 0.6 is 12.2 Å². The highest BCUT2D eigenvalue weighted by Crippen LogP contribution is 2.07. The fraction of sp³-hybridized carbons (Fsp3) is 0.200. The maximum atomic E-state index is 12.1. The van der Waals surface area contributed by atoms with Crippen LogP contribution in [0.3, 0.4) is 0 Å². The van der Waals surface area contributed by atoms with Crippen molar-refractivity contribution in [3.05, 3.63) is 33.0 Å². The van der Waals surface area contributed by atoms with Crippen molar-refractivity contribution in [3.8, 4) is 5.95 Å². The summed E-state index contributed by atoms with van der Waals surface area (Å²) in [6.45, 7) is 0. The molecule has 108 valence electrons. The number of H-pyrrole nitrogens is 1. The highest BCUT2D eigenvalue weighted by atomic mass is 32.1. The number of nitrogens with one attached hydrogen (secondary N) is 1. The Balaban J connectivity index is 2.28. The molecule has 3 aromatic heterocycles. The van der Waals surface area contributed by atoms with Crippen LogP contribution in [0.1, 0.15) is 5.82 Å². The molecular formula is C10H10N8O2S. The van der Waals surface area contributed by atoms with E-state index < -0.39 is 11.2 Å². The summed E-state index contributed by atoms with van der Waals surface area (Å²) in [6, 6.07) is 0. The minimum atomic E-state index is -0.471. The number of hydrogen-bond acceptors (Lipinski definition) is 6. The Kier molecular flexibility index (Phi) is 2.73. The highest BCUT2D eigenvalue weighted by Gasteiger charge is 2.15. The summed E-state index contributed by atoms with van der Waals surface area (Å²) in [5.74, 6) is 0.422. The lowest BCUT2D eigenvalue weighted by Gasteiger charge is -2.00. The molecule has 0 fully saturated rings. The van der Waals surface area contributed by atoms with E-state index in [-0.39, 0.29) is 27.9 Å². The van der Waals surface area contributed by atoms with E-state index in [9.17, 15) is 9.59 Å². The molecule has 3 aromatic rings. The molecule has 11 heteroatoms. The third kappa shape index (κ3) is 1.86. The van der Waals surface area contributed by atoms with Gasteiger partial charge < -0.3 is 10.7 Å². The number of nitrogens with zero attached hydrogens (tertiary/aromatic N) is 6. The Bertz CT molecular complexity index is 991. The minimum absolute atomic E-state index is 0.0492. The van der Waals surface area contributed by atoms with E-state index in [1.807, 2.05) is 0 Å². The van der Waals surface area contributed by atoms with Crippen molar-refractivity contribution in [1.29, 1.82) is 0 Å². The largest absolute Gasteiger partial charge is 0.387 e. The highest BCUT2D eigenvalue weighted by molar-refractivity contribution is 7.80. The normalized spacial score (nSPS) is 11.1. The second kappa shape index (κ2) is 4.34. The molecule has 0 atom stereocenters. The molecule has 0 aliphatic rings. The zero-order chi connectivity index (χ0) is 15.3. The quantitative estimate of drug-likeness (QED) is 0.533. The molecule has 3 rings (SSSR count). The average Bonchev–Trinajstić information content (AvgIpc) is 3.08. The molecule has 0 aliphatic heterocycles. The van der Waals surface area contributed by atoms with E-state index in [2.05, 4.69) is 20.1 Å². The van der Waals surface area contributed by atoms with Gasteiger partial charge >= 0.3 is 5.69 Å². The zero-order valence-electron chi connectivity index (χ0n) is 11.1. The van der Waals surface area contributed by atoms with E-state index in [0.717, 1.165) is 4.57 Å². The molecule has 0 unspecified atom stereocenters. The number of thiocarbonyl (C=S) groups is 1. The summed E-state index contributed by atoms with van der Waals surface area (Å²) in [5, 5.41) is 4.03. The number of nitrogens with two attached hydrogens (primary N) is 1. The van der Waals surface area contributed by atoms with Gasteiger partial charge in [-0.25, -0.2) is 9.78 Å². The van der Waals surface area contributed by atoms with Gasteiger partial charge in [0, 0.05) is 14.1 Å². The van der Waals surface area contributed by atoms with Gasteiger partial charge in [-0.1, -0.05) is 12.2 Å². The summed E-state index contributed by atoms with van der Waals surface area (Å²) < 4.78 is 3.55. The number of aryl methyl sites for hydroxylation is 1.